The Kier molecular flexibility index (Phi) is 7.47. The van der Waals surface area contributed by atoms with E-state index in [4.69, 9.17) is 16.3 Å². The molecule has 1 amide bonds. The molecule has 0 aliphatic rings. The van der Waals surface area contributed by atoms with Crippen molar-refractivity contribution >= 4 is 46.3 Å². The minimum Gasteiger partial charge on any atom is -0.495 e. The van der Waals surface area contributed by atoms with E-state index < -0.39 is 5.25 Å². The standard InChI is InChI=1S/C23H21ClN4O2S2/c1-30-20-10-9-17(14-19(20)24)26-22(29)21(16-6-3-2-4-7-16)32-23-27-25-15-28(23)12-11-18-8-5-13-31-18/h2-10,13-15,21H,11-12H2,1H3,(H,26,29). The van der Waals surface area contributed by atoms with Crippen LogP contribution < -0.4 is 10.1 Å². The summed E-state index contributed by atoms with van der Waals surface area (Å²) in [5.74, 6) is 0.382. The normalized spacial score (nSPS) is 11.8. The van der Waals surface area contributed by atoms with Gasteiger partial charge in [-0.2, -0.15) is 0 Å². The van der Waals surface area contributed by atoms with Crippen LogP contribution in [0.5, 0.6) is 5.75 Å². The monoisotopic (exact) mass is 484 g/mol. The zero-order chi connectivity index (χ0) is 22.3. The van der Waals surface area contributed by atoms with Gasteiger partial charge in [0.25, 0.3) is 0 Å². The number of thiophene rings is 1. The van der Waals surface area contributed by atoms with Crippen LogP contribution in [0.25, 0.3) is 0 Å². The number of benzene rings is 2. The molecule has 4 aromatic rings. The van der Waals surface area contributed by atoms with Gasteiger partial charge in [-0.25, -0.2) is 0 Å². The number of aryl methyl sites for hydroxylation is 2. The summed E-state index contributed by atoms with van der Waals surface area (Å²) in [5, 5.41) is 14.0. The molecule has 4 rings (SSSR count). The molecule has 0 bridgehead atoms. The van der Waals surface area contributed by atoms with Gasteiger partial charge < -0.3 is 14.6 Å². The minimum atomic E-state index is -0.512. The van der Waals surface area contributed by atoms with Gasteiger partial charge in [-0.1, -0.05) is 59.8 Å². The molecule has 1 atom stereocenters. The van der Waals surface area contributed by atoms with Crippen LogP contribution in [-0.2, 0) is 17.8 Å². The van der Waals surface area contributed by atoms with E-state index in [1.807, 2.05) is 41.0 Å². The number of carbonyl (C=O) groups is 1. The first-order chi connectivity index (χ1) is 15.6. The first-order valence-electron chi connectivity index (χ1n) is 9.90. The van der Waals surface area contributed by atoms with Gasteiger partial charge in [-0.3, -0.25) is 4.79 Å². The van der Waals surface area contributed by atoms with Gasteiger partial charge >= 0.3 is 0 Å². The quantitative estimate of drug-likeness (QED) is 0.308. The van der Waals surface area contributed by atoms with E-state index in [-0.39, 0.29) is 5.91 Å². The summed E-state index contributed by atoms with van der Waals surface area (Å²) in [7, 11) is 1.55. The summed E-state index contributed by atoms with van der Waals surface area (Å²) >= 11 is 9.32. The lowest BCUT2D eigenvalue weighted by Crippen LogP contribution is -2.19. The number of amides is 1. The molecule has 2 aromatic carbocycles. The van der Waals surface area contributed by atoms with Crippen molar-refractivity contribution in [2.75, 3.05) is 12.4 Å². The molecule has 0 aliphatic heterocycles. The Morgan fingerprint density at radius 3 is 2.78 bits per heavy atom. The number of aromatic nitrogens is 3. The summed E-state index contributed by atoms with van der Waals surface area (Å²) in [6.45, 7) is 0.743. The third kappa shape index (κ3) is 5.51. The molecule has 0 aliphatic carbocycles. The first kappa shape index (κ1) is 22.4. The Morgan fingerprint density at radius 1 is 1.22 bits per heavy atom. The van der Waals surface area contributed by atoms with Crippen molar-refractivity contribution < 1.29 is 9.53 Å². The second-order valence-corrected chi connectivity index (χ2v) is 9.40. The first-order valence-corrected chi connectivity index (χ1v) is 12.0. The molecule has 164 valence electrons. The Labute approximate surface area is 199 Å². The number of anilines is 1. The maximum atomic E-state index is 13.3. The number of hydrogen-bond donors (Lipinski definition) is 1. The van der Waals surface area contributed by atoms with E-state index in [0.717, 1.165) is 18.5 Å². The number of rotatable bonds is 9. The summed E-state index contributed by atoms with van der Waals surface area (Å²) in [6, 6.07) is 19.0. The molecule has 0 fully saturated rings. The largest absolute Gasteiger partial charge is 0.495 e. The summed E-state index contributed by atoms with van der Waals surface area (Å²) in [5.41, 5.74) is 1.48. The van der Waals surface area contributed by atoms with E-state index in [2.05, 4.69) is 27.0 Å². The van der Waals surface area contributed by atoms with Gasteiger partial charge in [0.15, 0.2) is 5.16 Å². The van der Waals surface area contributed by atoms with Crippen molar-refractivity contribution in [2.24, 2.45) is 0 Å². The zero-order valence-electron chi connectivity index (χ0n) is 17.3. The van der Waals surface area contributed by atoms with Crippen LogP contribution in [0.15, 0.2) is 77.5 Å². The van der Waals surface area contributed by atoms with Crippen molar-refractivity contribution in [3.8, 4) is 5.75 Å². The zero-order valence-corrected chi connectivity index (χ0v) is 19.7. The maximum absolute atomic E-state index is 13.3. The van der Waals surface area contributed by atoms with Crippen LogP contribution in [-0.4, -0.2) is 27.8 Å². The van der Waals surface area contributed by atoms with E-state index in [1.54, 1.807) is 43.0 Å². The predicted molar refractivity (Wildman–Crippen MR) is 130 cm³/mol. The Balaban J connectivity index is 1.54. The molecular formula is C23H21ClN4O2S2. The Hall–Kier alpha value is -2.81. The SMILES string of the molecule is COc1ccc(NC(=O)C(Sc2nncn2CCc2cccs2)c2ccccc2)cc1Cl. The van der Waals surface area contributed by atoms with Crippen molar-refractivity contribution in [1.82, 2.24) is 14.8 Å². The van der Waals surface area contributed by atoms with Gasteiger partial charge in [-0.05, 0) is 41.6 Å². The van der Waals surface area contributed by atoms with E-state index in [1.165, 1.54) is 16.6 Å². The van der Waals surface area contributed by atoms with Crippen molar-refractivity contribution in [2.45, 2.75) is 23.4 Å². The highest BCUT2D eigenvalue weighted by molar-refractivity contribution is 8.00. The number of halogens is 1. The lowest BCUT2D eigenvalue weighted by molar-refractivity contribution is -0.115. The van der Waals surface area contributed by atoms with E-state index >= 15 is 0 Å². The number of ether oxygens (including phenoxy) is 1. The van der Waals surface area contributed by atoms with E-state index in [9.17, 15) is 4.79 Å². The van der Waals surface area contributed by atoms with Gasteiger partial charge in [-0.15, -0.1) is 21.5 Å². The second kappa shape index (κ2) is 10.7. The highest BCUT2D eigenvalue weighted by atomic mass is 35.5. The fourth-order valence-electron chi connectivity index (χ4n) is 3.13. The number of thioether (sulfide) groups is 1. The van der Waals surface area contributed by atoms with Crippen LogP contribution in [0.3, 0.4) is 0 Å². The van der Waals surface area contributed by atoms with Gasteiger partial charge in [0.2, 0.25) is 5.91 Å². The summed E-state index contributed by atoms with van der Waals surface area (Å²) in [6.07, 6.45) is 2.59. The lowest BCUT2D eigenvalue weighted by atomic mass is 10.1. The Bertz CT molecular complexity index is 1170. The number of hydrogen-bond acceptors (Lipinski definition) is 6. The molecule has 1 N–H and O–H groups in total. The minimum absolute atomic E-state index is 0.171. The maximum Gasteiger partial charge on any atom is 0.242 e. The molecule has 1 unspecified atom stereocenters. The van der Waals surface area contributed by atoms with Crippen LogP contribution in [0, 0.1) is 0 Å². The summed E-state index contributed by atoms with van der Waals surface area (Å²) in [4.78, 5) is 14.6. The van der Waals surface area contributed by atoms with Crippen LogP contribution in [0.4, 0.5) is 5.69 Å². The molecular weight excluding hydrogens is 464 g/mol. The smallest absolute Gasteiger partial charge is 0.242 e. The molecule has 2 heterocycles. The van der Waals surface area contributed by atoms with Gasteiger partial charge in [0, 0.05) is 17.1 Å². The number of methoxy groups -OCH3 is 1. The van der Waals surface area contributed by atoms with Crippen LogP contribution in [0.2, 0.25) is 5.02 Å². The molecule has 0 radical (unpaired) electrons. The molecule has 9 heteroatoms. The summed E-state index contributed by atoms with van der Waals surface area (Å²) < 4.78 is 7.17. The lowest BCUT2D eigenvalue weighted by Gasteiger charge is -2.17. The fourth-order valence-corrected chi connectivity index (χ4v) is 5.13. The average Bonchev–Trinajstić information content (AvgIpc) is 3.48. The molecule has 0 saturated carbocycles. The number of nitrogens with one attached hydrogen (secondary N) is 1. The molecule has 0 spiro atoms. The molecule has 6 nitrogen and oxygen atoms in total. The fraction of sp³-hybridized carbons (Fsp3) is 0.174. The van der Waals surface area contributed by atoms with Crippen molar-refractivity contribution in [3.63, 3.8) is 0 Å². The third-order valence-corrected chi connectivity index (χ3v) is 7.22. The highest BCUT2D eigenvalue weighted by Crippen LogP contribution is 2.36. The van der Waals surface area contributed by atoms with Crippen molar-refractivity contribution in [3.05, 3.63) is 87.8 Å². The Morgan fingerprint density at radius 2 is 2.06 bits per heavy atom. The molecule has 0 saturated heterocycles. The van der Waals surface area contributed by atoms with E-state index in [0.29, 0.717) is 21.6 Å². The van der Waals surface area contributed by atoms with Crippen LogP contribution in [0.1, 0.15) is 15.7 Å². The predicted octanol–water partition coefficient (Wildman–Crippen LogP) is 5.72. The van der Waals surface area contributed by atoms with Crippen molar-refractivity contribution in [1.29, 1.82) is 0 Å². The average molecular weight is 485 g/mol. The van der Waals surface area contributed by atoms with Gasteiger partial charge in [0.1, 0.15) is 17.3 Å². The molecule has 2 aromatic heterocycles. The van der Waals surface area contributed by atoms with Gasteiger partial charge in [0.05, 0.1) is 12.1 Å². The second-order valence-electron chi connectivity index (χ2n) is 6.88. The molecule has 32 heavy (non-hydrogen) atoms. The number of nitrogens with zero attached hydrogens (tertiary/aromatic N) is 3. The third-order valence-electron chi connectivity index (χ3n) is 4.74. The van der Waals surface area contributed by atoms with Crippen LogP contribution >= 0.6 is 34.7 Å². The topological polar surface area (TPSA) is 69.0 Å². The number of carbonyl (C=O) groups excluding carboxylic acids is 1. The highest BCUT2D eigenvalue weighted by Gasteiger charge is 2.25.